The van der Waals surface area contributed by atoms with E-state index >= 15 is 0 Å². The maximum atomic E-state index is 2.59. The normalized spacial score (nSPS) is 15.5. The molecule has 0 heterocycles. The van der Waals surface area contributed by atoms with Crippen molar-refractivity contribution in [2.24, 2.45) is 0 Å². The van der Waals surface area contributed by atoms with Crippen molar-refractivity contribution in [2.45, 2.75) is 77.0 Å². The van der Waals surface area contributed by atoms with Gasteiger partial charge in [-0.25, -0.2) is 0 Å². The molecule has 71 heavy (non-hydrogen) atoms. The Kier molecular flexibility index (Phi) is 9.85. The minimum atomic E-state index is -0.502. The number of rotatable bonds is 8. The number of hydrogen-bond donors (Lipinski definition) is 0. The molecule has 0 aliphatic heterocycles. The summed E-state index contributed by atoms with van der Waals surface area (Å²) in [5.74, 6) is 0. The smallest absolute Gasteiger partial charge is 0.0731 e. The fourth-order valence-electron chi connectivity index (χ4n) is 12.9. The van der Waals surface area contributed by atoms with Crippen LogP contribution in [0.1, 0.15) is 98.9 Å². The van der Waals surface area contributed by atoms with Crippen LogP contribution in [0.5, 0.6) is 0 Å². The molecule has 3 aliphatic carbocycles. The molecule has 0 saturated carbocycles. The lowest BCUT2D eigenvalue weighted by molar-refractivity contribution is 0.588. The number of anilines is 3. The quantitative estimate of drug-likeness (QED) is 0.147. The van der Waals surface area contributed by atoms with E-state index in [1.54, 1.807) is 0 Å². The number of fused-ring (bicyclic) bond motifs is 14. The molecule has 0 N–H and O–H groups in total. The molecule has 1 spiro atoms. The molecule has 0 aromatic heterocycles. The monoisotopic (exact) mass is 913 g/mol. The van der Waals surface area contributed by atoms with Crippen LogP contribution in [0.2, 0.25) is 0 Å². The minimum Gasteiger partial charge on any atom is -0.310 e. The summed E-state index contributed by atoms with van der Waals surface area (Å²) in [5.41, 5.74) is 26.9. The van der Waals surface area contributed by atoms with Crippen molar-refractivity contribution in [3.8, 4) is 55.6 Å². The zero-order chi connectivity index (χ0) is 48.2. The number of aryl methyl sites for hydroxylation is 1. The molecule has 3 aliphatic rings. The van der Waals surface area contributed by atoms with Crippen molar-refractivity contribution in [1.29, 1.82) is 0 Å². The van der Waals surface area contributed by atoms with Gasteiger partial charge >= 0.3 is 0 Å². The van der Waals surface area contributed by atoms with Gasteiger partial charge in [-0.3, -0.25) is 0 Å². The van der Waals surface area contributed by atoms with Crippen LogP contribution in [-0.4, -0.2) is 0 Å². The average molecular weight is 914 g/mol. The van der Waals surface area contributed by atoms with Crippen molar-refractivity contribution >= 4 is 27.8 Å². The van der Waals surface area contributed by atoms with Crippen molar-refractivity contribution in [3.05, 3.63) is 257 Å². The van der Waals surface area contributed by atoms with E-state index in [4.69, 9.17) is 0 Å². The molecule has 344 valence electrons. The summed E-state index contributed by atoms with van der Waals surface area (Å²) < 4.78 is 0. The Morgan fingerprint density at radius 1 is 0.408 bits per heavy atom. The van der Waals surface area contributed by atoms with Crippen LogP contribution in [-0.2, 0) is 22.7 Å². The van der Waals surface area contributed by atoms with Gasteiger partial charge in [0.2, 0.25) is 0 Å². The molecule has 1 heteroatoms. The van der Waals surface area contributed by atoms with Crippen molar-refractivity contribution in [3.63, 3.8) is 0 Å². The highest BCUT2D eigenvalue weighted by molar-refractivity contribution is 6.09. The zero-order valence-electron chi connectivity index (χ0n) is 41.8. The second kappa shape index (κ2) is 16.2. The van der Waals surface area contributed by atoms with Gasteiger partial charge in [0.25, 0.3) is 0 Å². The lowest BCUT2D eigenvalue weighted by Crippen LogP contribution is -2.27. The average Bonchev–Trinajstić information content (AvgIpc) is 3.96. The maximum absolute atomic E-state index is 2.59. The summed E-state index contributed by atoms with van der Waals surface area (Å²) in [7, 11) is 0. The summed E-state index contributed by atoms with van der Waals surface area (Å²) in [6.45, 7) is 14.1. The Balaban J connectivity index is 1.05. The summed E-state index contributed by atoms with van der Waals surface area (Å²) in [6, 6.07) is 81.2. The molecule has 0 radical (unpaired) electrons. The maximum Gasteiger partial charge on any atom is 0.0731 e. The molecular formula is C70H59N. The third kappa shape index (κ3) is 6.45. The Morgan fingerprint density at radius 3 is 1.72 bits per heavy atom. The van der Waals surface area contributed by atoms with Gasteiger partial charge in [-0.05, 0) is 154 Å². The SMILES string of the molecule is CCCCc1ccc2c(c1)C1(c3ccccc3-2)c2cc(C(C)(C)C)ccc2-c2cccc(-c3ccc(N(c4ccc(-c5ccccc5)cc4)c4ccc5c(c4)C(C)(C)c4ccccc4-5)c4ccccc34)c21. The molecule has 0 fully saturated rings. The number of unbranched alkanes of at least 4 members (excludes halogenated alkanes) is 1. The number of nitrogens with zero attached hydrogens (tertiary/aromatic N) is 1. The molecule has 0 saturated heterocycles. The van der Waals surface area contributed by atoms with E-state index in [1.165, 1.54) is 124 Å². The predicted octanol–water partition coefficient (Wildman–Crippen LogP) is 18.9. The van der Waals surface area contributed by atoms with Crippen LogP contribution in [0.25, 0.3) is 66.4 Å². The number of hydrogen-bond acceptors (Lipinski definition) is 1. The van der Waals surface area contributed by atoms with Gasteiger partial charge in [-0.15, -0.1) is 0 Å². The molecule has 10 aromatic carbocycles. The van der Waals surface area contributed by atoms with Gasteiger partial charge in [0, 0.05) is 22.2 Å². The summed E-state index contributed by atoms with van der Waals surface area (Å²) in [4.78, 5) is 2.50. The topological polar surface area (TPSA) is 3.24 Å². The van der Waals surface area contributed by atoms with E-state index in [0.29, 0.717) is 0 Å². The lowest BCUT2D eigenvalue weighted by atomic mass is 9.67. The largest absolute Gasteiger partial charge is 0.310 e. The third-order valence-corrected chi connectivity index (χ3v) is 16.4. The second-order valence-electron chi connectivity index (χ2n) is 21.8. The van der Waals surface area contributed by atoms with Gasteiger partial charge in [0.1, 0.15) is 0 Å². The third-order valence-electron chi connectivity index (χ3n) is 16.4. The van der Waals surface area contributed by atoms with E-state index in [9.17, 15) is 0 Å². The van der Waals surface area contributed by atoms with Gasteiger partial charge in [0.15, 0.2) is 0 Å². The number of benzene rings is 10. The molecule has 10 aromatic rings. The molecular weight excluding hydrogens is 855 g/mol. The van der Waals surface area contributed by atoms with Crippen LogP contribution in [0.4, 0.5) is 17.1 Å². The van der Waals surface area contributed by atoms with Gasteiger partial charge < -0.3 is 4.90 Å². The van der Waals surface area contributed by atoms with Crippen LogP contribution in [0.15, 0.2) is 212 Å². The van der Waals surface area contributed by atoms with Crippen molar-refractivity contribution in [1.82, 2.24) is 0 Å². The second-order valence-corrected chi connectivity index (χ2v) is 21.8. The van der Waals surface area contributed by atoms with E-state index < -0.39 is 5.41 Å². The Labute approximate surface area is 420 Å². The Morgan fingerprint density at radius 2 is 0.958 bits per heavy atom. The van der Waals surface area contributed by atoms with Gasteiger partial charge in [-0.1, -0.05) is 230 Å². The fraction of sp³-hybridized carbons (Fsp3) is 0.171. The minimum absolute atomic E-state index is 0.0178. The van der Waals surface area contributed by atoms with Crippen LogP contribution < -0.4 is 4.90 Å². The zero-order valence-corrected chi connectivity index (χ0v) is 41.8. The highest BCUT2D eigenvalue weighted by atomic mass is 15.1. The molecule has 0 bridgehead atoms. The standard InChI is InChI=1S/C70H59N/c1-7-8-19-45-30-37-56-54-24-15-17-29-62(54)70(64(56)42-45)65-43-48(68(2,3)4)33-38-57(65)60-27-18-26-59(67(60)70)52-40-41-66(58-25-13-12-22-51(52)58)71(49-34-31-47(32-35-49)46-20-10-9-11-21-46)50-36-39-55-53-23-14-16-28-61(53)69(5,6)63(55)44-50/h9-18,20-44H,7-8,19H2,1-6H3. The summed E-state index contributed by atoms with van der Waals surface area (Å²) in [5, 5.41) is 2.45. The lowest BCUT2D eigenvalue weighted by Gasteiger charge is -2.34. The van der Waals surface area contributed by atoms with Crippen LogP contribution in [0.3, 0.4) is 0 Å². The molecule has 1 nitrogen and oxygen atoms in total. The highest BCUT2D eigenvalue weighted by Gasteiger charge is 2.53. The van der Waals surface area contributed by atoms with Gasteiger partial charge in [-0.2, -0.15) is 0 Å². The first-order chi connectivity index (χ1) is 34.6. The van der Waals surface area contributed by atoms with E-state index in [1.807, 2.05) is 0 Å². The van der Waals surface area contributed by atoms with Crippen LogP contribution >= 0.6 is 0 Å². The molecule has 13 rings (SSSR count). The predicted molar refractivity (Wildman–Crippen MR) is 301 cm³/mol. The molecule has 1 unspecified atom stereocenters. The Bertz CT molecular complexity index is 3750. The first kappa shape index (κ1) is 43.3. The molecule has 0 amide bonds. The summed E-state index contributed by atoms with van der Waals surface area (Å²) in [6.07, 6.45) is 3.42. The first-order valence-electron chi connectivity index (χ1n) is 25.8. The Hall–Kier alpha value is -7.74. The van der Waals surface area contributed by atoms with Crippen LogP contribution in [0, 0.1) is 0 Å². The van der Waals surface area contributed by atoms with E-state index in [2.05, 4.69) is 259 Å². The first-order valence-corrected chi connectivity index (χ1v) is 25.8. The van der Waals surface area contributed by atoms with Crippen molar-refractivity contribution in [2.75, 3.05) is 4.90 Å². The van der Waals surface area contributed by atoms with E-state index in [0.717, 1.165) is 23.5 Å². The summed E-state index contributed by atoms with van der Waals surface area (Å²) >= 11 is 0. The van der Waals surface area contributed by atoms with E-state index in [-0.39, 0.29) is 10.8 Å². The highest BCUT2D eigenvalue weighted by Crippen LogP contribution is 2.65. The fourth-order valence-corrected chi connectivity index (χ4v) is 12.9. The molecule has 1 atom stereocenters. The van der Waals surface area contributed by atoms with Crippen molar-refractivity contribution < 1.29 is 0 Å². The van der Waals surface area contributed by atoms with Gasteiger partial charge in [0.05, 0.1) is 11.1 Å².